The van der Waals surface area contributed by atoms with Crippen molar-refractivity contribution in [2.24, 2.45) is 0 Å². The normalized spacial score (nSPS) is 15.2. The summed E-state index contributed by atoms with van der Waals surface area (Å²) in [6.07, 6.45) is 0. The van der Waals surface area contributed by atoms with Crippen LogP contribution in [0.5, 0.6) is 5.75 Å². The van der Waals surface area contributed by atoms with Gasteiger partial charge in [0.2, 0.25) is 5.91 Å². The van der Waals surface area contributed by atoms with Gasteiger partial charge in [-0.1, -0.05) is 0 Å². The van der Waals surface area contributed by atoms with Crippen LogP contribution in [0.2, 0.25) is 0 Å². The van der Waals surface area contributed by atoms with Crippen molar-refractivity contribution in [1.82, 2.24) is 5.32 Å². The molecule has 0 bridgehead atoms. The molecule has 3 amide bonds. The molecule has 1 saturated heterocycles. The molecular formula is C10H9FN2O3. The summed E-state index contributed by atoms with van der Waals surface area (Å²) >= 11 is 0. The van der Waals surface area contributed by atoms with Crippen molar-refractivity contribution in [3.05, 3.63) is 24.0 Å². The largest absolute Gasteiger partial charge is 0.494 e. The summed E-state index contributed by atoms with van der Waals surface area (Å²) < 4.78 is 18.1. The predicted molar refractivity (Wildman–Crippen MR) is 53.8 cm³/mol. The molecule has 5 nitrogen and oxygen atoms in total. The number of imide groups is 1. The predicted octanol–water partition coefficient (Wildman–Crippen LogP) is 0.890. The van der Waals surface area contributed by atoms with E-state index in [9.17, 15) is 14.0 Å². The molecule has 16 heavy (non-hydrogen) atoms. The quantitative estimate of drug-likeness (QED) is 0.759. The van der Waals surface area contributed by atoms with Crippen LogP contribution in [0.25, 0.3) is 0 Å². The molecule has 1 aliphatic heterocycles. The van der Waals surface area contributed by atoms with Crippen LogP contribution in [0.1, 0.15) is 0 Å². The molecule has 0 atom stereocenters. The van der Waals surface area contributed by atoms with E-state index in [1.807, 2.05) is 0 Å². The highest BCUT2D eigenvalue weighted by Gasteiger charge is 2.28. The average Bonchev–Trinajstić information content (AvgIpc) is 2.58. The van der Waals surface area contributed by atoms with Gasteiger partial charge < -0.3 is 4.74 Å². The molecule has 1 aromatic rings. The first kappa shape index (κ1) is 10.4. The van der Waals surface area contributed by atoms with E-state index in [4.69, 9.17) is 4.74 Å². The van der Waals surface area contributed by atoms with E-state index in [0.29, 0.717) is 5.69 Å². The monoisotopic (exact) mass is 224 g/mol. The summed E-state index contributed by atoms with van der Waals surface area (Å²) in [6.45, 7) is -0.0927. The number of amides is 3. The number of carbonyl (C=O) groups excluding carboxylic acids is 2. The van der Waals surface area contributed by atoms with Crippen LogP contribution in [0.15, 0.2) is 18.2 Å². The lowest BCUT2D eigenvalue weighted by molar-refractivity contribution is -0.117. The fourth-order valence-corrected chi connectivity index (χ4v) is 1.47. The topological polar surface area (TPSA) is 58.6 Å². The number of halogens is 1. The molecule has 0 spiro atoms. The number of hydrogen-bond donors (Lipinski definition) is 1. The number of ether oxygens (including phenoxy) is 1. The highest BCUT2D eigenvalue weighted by atomic mass is 19.1. The number of rotatable bonds is 2. The zero-order chi connectivity index (χ0) is 11.7. The second kappa shape index (κ2) is 3.80. The minimum Gasteiger partial charge on any atom is -0.494 e. The van der Waals surface area contributed by atoms with Crippen molar-refractivity contribution in [3.63, 3.8) is 0 Å². The van der Waals surface area contributed by atoms with Crippen LogP contribution in [-0.4, -0.2) is 25.6 Å². The van der Waals surface area contributed by atoms with E-state index in [0.717, 1.165) is 11.0 Å². The number of benzene rings is 1. The summed E-state index contributed by atoms with van der Waals surface area (Å²) in [5.41, 5.74) is 0.321. The van der Waals surface area contributed by atoms with Gasteiger partial charge in [-0.05, 0) is 12.1 Å². The van der Waals surface area contributed by atoms with Gasteiger partial charge in [0.15, 0.2) is 11.6 Å². The van der Waals surface area contributed by atoms with E-state index in [-0.39, 0.29) is 12.3 Å². The van der Waals surface area contributed by atoms with Crippen LogP contribution in [0.3, 0.4) is 0 Å². The van der Waals surface area contributed by atoms with Crippen molar-refractivity contribution < 1.29 is 18.7 Å². The number of hydrogen-bond acceptors (Lipinski definition) is 3. The van der Waals surface area contributed by atoms with Crippen LogP contribution >= 0.6 is 0 Å². The van der Waals surface area contributed by atoms with Crippen LogP contribution in [0, 0.1) is 5.82 Å². The van der Waals surface area contributed by atoms with Gasteiger partial charge in [-0.15, -0.1) is 0 Å². The van der Waals surface area contributed by atoms with Gasteiger partial charge in [0.05, 0.1) is 7.11 Å². The molecule has 0 saturated carbocycles. The second-order valence-corrected chi connectivity index (χ2v) is 3.26. The maximum Gasteiger partial charge on any atom is 0.329 e. The van der Waals surface area contributed by atoms with Gasteiger partial charge in [0.1, 0.15) is 6.54 Å². The molecule has 1 heterocycles. The summed E-state index contributed by atoms with van der Waals surface area (Å²) in [5.74, 6) is -0.886. The molecule has 1 fully saturated rings. The Bertz CT molecular complexity index is 461. The third kappa shape index (κ3) is 1.69. The Morgan fingerprint density at radius 3 is 2.69 bits per heavy atom. The number of methoxy groups -OCH3 is 1. The second-order valence-electron chi connectivity index (χ2n) is 3.26. The average molecular weight is 224 g/mol. The summed E-state index contributed by atoms with van der Waals surface area (Å²) in [7, 11) is 1.35. The molecule has 0 radical (unpaired) electrons. The Morgan fingerprint density at radius 2 is 2.19 bits per heavy atom. The molecular weight excluding hydrogens is 215 g/mol. The highest BCUT2D eigenvalue weighted by molar-refractivity contribution is 6.12. The third-order valence-corrected chi connectivity index (χ3v) is 2.24. The molecule has 0 aliphatic carbocycles. The Kier molecular flexibility index (Phi) is 2.47. The fourth-order valence-electron chi connectivity index (χ4n) is 1.47. The van der Waals surface area contributed by atoms with Crippen molar-refractivity contribution in [2.75, 3.05) is 18.6 Å². The highest BCUT2D eigenvalue weighted by Crippen LogP contribution is 2.24. The third-order valence-electron chi connectivity index (χ3n) is 2.24. The molecule has 1 aliphatic rings. The van der Waals surface area contributed by atoms with Crippen molar-refractivity contribution in [1.29, 1.82) is 0 Å². The van der Waals surface area contributed by atoms with Gasteiger partial charge in [-0.3, -0.25) is 15.0 Å². The molecule has 6 heteroatoms. The summed E-state index contributed by atoms with van der Waals surface area (Å²) in [4.78, 5) is 23.4. The van der Waals surface area contributed by atoms with E-state index >= 15 is 0 Å². The first-order valence-electron chi connectivity index (χ1n) is 4.56. The van der Waals surface area contributed by atoms with E-state index in [1.165, 1.54) is 19.2 Å². The zero-order valence-electron chi connectivity index (χ0n) is 8.49. The minimum atomic E-state index is -0.577. The minimum absolute atomic E-state index is 0.0923. The zero-order valence-corrected chi connectivity index (χ0v) is 8.49. The fraction of sp³-hybridized carbons (Fsp3) is 0.200. The number of anilines is 1. The Morgan fingerprint density at radius 1 is 1.44 bits per heavy atom. The number of nitrogens with zero attached hydrogens (tertiary/aromatic N) is 1. The van der Waals surface area contributed by atoms with E-state index in [1.54, 1.807) is 0 Å². The lowest BCUT2D eigenvalue weighted by Gasteiger charge is -2.13. The maximum absolute atomic E-state index is 13.4. The molecule has 84 valence electrons. The lowest BCUT2D eigenvalue weighted by Crippen LogP contribution is -2.27. The van der Waals surface area contributed by atoms with Crippen LogP contribution in [0.4, 0.5) is 14.9 Å². The Balaban J connectivity index is 2.31. The number of urea groups is 1. The van der Waals surface area contributed by atoms with Gasteiger partial charge in [0, 0.05) is 11.8 Å². The van der Waals surface area contributed by atoms with Crippen molar-refractivity contribution >= 4 is 17.6 Å². The molecule has 0 aromatic heterocycles. The van der Waals surface area contributed by atoms with E-state index in [2.05, 4.69) is 5.32 Å². The number of nitrogens with one attached hydrogen (secondary N) is 1. The van der Waals surface area contributed by atoms with Crippen molar-refractivity contribution in [2.45, 2.75) is 0 Å². The summed E-state index contributed by atoms with van der Waals surface area (Å²) in [5, 5.41) is 2.11. The van der Waals surface area contributed by atoms with Gasteiger partial charge in [0.25, 0.3) is 0 Å². The van der Waals surface area contributed by atoms with E-state index < -0.39 is 17.8 Å². The standard InChI is InChI=1S/C10H9FN2O3/c1-16-8-3-2-6(4-7(8)11)13-5-9(14)12-10(13)15/h2-4H,5H2,1H3,(H,12,14,15). The first-order valence-corrected chi connectivity index (χ1v) is 4.56. The summed E-state index contributed by atoms with van der Waals surface area (Å²) in [6, 6.07) is 3.52. The Labute approximate surface area is 90.8 Å². The van der Waals surface area contributed by atoms with Crippen LogP contribution in [-0.2, 0) is 4.79 Å². The SMILES string of the molecule is COc1ccc(N2CC(=O)NC2=O)cc1F. The van der Waals surface area contributed by atoms with Crippen LogP contribution < -0.4 is 15.0 Å². The number of carbonyl (C=O) groups is 2. The van der Waals surface area contributed by atoms with Crippen molar-refractivity contribution in [3.8, 4) is 5.75 Å². The lowest BCUT2D eigenvalue weighted by atomic mass is 10.2. The van der Waals surface area contributed by atoms with Gasteiger partial charge >= 0.3 is 6.03 Å². The first-order chi connectivity index (χ1) is 7.61. The van der Waals surface area contributed by atoms with Gasteiger partial charge in [-0.2, -0.15) is 0 Å². The maximum atomic E-state index is 13.4. The molecule has 1 aromatic carbocycles. The molecule has 1 N–H and O–H groups in total. The smallest absolute Gasteiger partial charge is 0.329 e. The van der Waals surface area contributed by atoms with Gasteiger partial charge in [-0.25, -0.2) is 9.18 Å². The molecule has 0 unspecified atom stereocenters. The Hall–Kier alpha value is -2.11. The molecule has 2 rings (SSSR count).